The molecule has 0 saturated heterocycles. The Hall–Kier alpha value is -14.2. The molecule has 0 spiro atoms. The summed E-state index contributed by atoms with van der Waals surface area (Å²) in [6.45, 7) is 9.78. The number of para-hydroxylation sites is 6. The van der Waals surface area contributed by atoms with E-state index in [1.165, 1.54) is 23.6 Å². The number of phenols is 1. The van der Waals surface area contributed by atoms with Crippen molar-refractivity contribution < 1.29 is 20.1 Å². The predicted molar refractivity (Wildman–Crippen MR) is 533 cm³/mol. The number of rotatable bonds is 13. The number of phenolic OH excluding ortho intramolecular Hbond substituents is 1. The lowest BCUT2D eigenvalue weighted by Crippen LogP contribution is -2.12. The second-order valence-electron chi connectivity index (χ2n) is 30.5. The summed E-state index contributed by atoms with van der Waals surface area (Å²) >= 11 is 17.5. The van der Waals surface area contributed by atoms with Gasteiger partial charge in [0.1, 0.15) is 49.7 Å². The number of hydrogen-bond donors (Lipinski definition) is 5. The van der Waals surface area contributed by atoms with Gasteiger partial charge in [-0.1, -0.05) is 282 Å². The zero-order valence-electron chi connectivity index (χ0n) is 70.5. The van der Waals surface area contributed by atoms with Gasteiger partial charge in [0.2, 0.25) is 0 Å². The van der Waals surface area contributed by atoms with Crippen LogP contribution in [0.2, 0.25) is 10.3 Å². The Morgan fingerprint density at radius 2 is 0.667 bits per heavy atom. The minimum Gasteiger partial charge on any atom is -0.508 e. The number of aliphatic hydroxyl groups is 2. The zero-order chi connectivity index (χ0) is 89.8. The largest absolute Gasteiger partial charge is 0.508 e. The average Bonchev–Trinajstić information content (AvgIpc) is 1.62. The van der Waals surface area contributed by atoms with Crippen LogP contribution in [-0.2, 0) is 0 Å². The van der Waals surface area contributed by atoms with Gasteiger partial charge in [-0.05, 0) is 148 Å². The van der Waals surface area contributed by atoms with Crippen LogP contribution in [0.15, 0.2) is 340 Å². The van der Waals surface area contributed by atoms with E-state index in [2.05, 4.69) is 186 Å². The number of nitrogens with two attached hydrogens (primary N) is 2. The SMILES string of the molecule is CC(Br)c1cc2ccccc2nc1-c1ccccc1.CC(O)c1cc2ccccc2nc1-c1ccccc1.CC(O)c1cc2ccccc2nc1Cl.CC(c1cc2ccccc2nc1-c1ccccc1)n1nc(-c2cccc(O)c2)c2c(N)ncnc21.CC(c1cc2ccccc2nc1-c1ccccc1)n1nc(I)c2c(N)ncnc21.O=Cc1cc2ccccc2nc1Cl. The normalized spacial score (nSPS) is 12.3. The average molecular weight is 1910 g/mol. The molecule has 21 aromatic rings. The molecule has 7 N–H and O–H groups in total. The molecule has 24 heteroatoms. The second-order valence-corrected chi connectivity index (χ2v) is 33.6. The van der Waals surface area contributed by atoms with Crippen molar-refractivity contribution in [2.24, 2.45) is 0 Å². The van der Waals surface area contributed by atoms with E-state index in [0.717, 1.165) is 142 Å². The van der Waals surface area contributed by atoms with Gasteiger partial charge in [-0.3, -0.25) is 4.79 Å². The summed E-state index contributed by atoms with van der Waals surface area (Å²) < 4.78 is 4.57. The molecule has 0 radical (unpaired) electrons. The van der Waals surface area contributed by atoms with Crippen LogP contribution in [0, 0.1) is 3.70 Å². The van der Waals surface area contributed by atoms with Crippen molar-refractivity contribution in [3.05, 3.63) is 388 Å². The highest BCUT2D eigenvalue weighted by Crippen LogP contribution is 2.41. The fraction of sp³-hybridized carbons (Fsp3) is 0.0952. The van der Waals surface area contributed by atoms with Crippen LogP contribution in [0.25, 0.3) is 144 Å². The van der Waals surface area contributed by atoms with Gasteiger partial charge in [0.05, 0.1) is 96.5 Å². The smallest absolute Gasteiger partial charge is 0.165 e. The van der Waals surface area contributed by atoms with E-state index in [1.807, 2.05) is 216 Å². The third-order valence-electron chi connectivity index (χ3n) is 21.8. The van der Waals surface area contributed by atoms with Crippen LogP contribution in [0.4, 0.5) is 11.6 Å². The molecule has 0 aliphatic rings. The molecular weight excluding hydrogens is 1830 g/mol. The van der Waals surface area contributed by atoms with Crippen molar-refractivity contribution in [3.8, 4) is 62.0 Å². The summed E-state index contributed by atoms with van der Waals surface area (Å²) in [5.74, 6) is 0.934. The Kier molecular flexibility index (Phi) is 27.5. The van der Waals surface area contributed by atoms with Crippen LogP contribution >= 0.6 is 61.7 Å². The standard InChI is InChI=1S/C28H22N6O.C22H17IN6.C17H14BrN.C17H15NO.C11H10ClNO.C10H6ClNO/c1-17(22-15-19-10-5-6-13-23(19)32-25(22)18-8-3-2-4-9-18)34-28-24(27(29)30-16-31-28)26(33-34)20-11-7-12-21(35)14-20;1-13(29-22-18(20(23)28-29)21(24)25-12-26-22)16-11-15-9-5-6-10-17(15)27-19(16)14-7-3-2-4-8-14;1-12(18)15-11-14-9-5-6-10-16(14)19-17(15)13-7-3-2-4-8-13;1-12(19)15-11-14-9-5-6-10-16(14)18-17(15)13-7-3-2-4-8-13;1-7(14)9-6-8-4-2-3-5-10(8)13-11(9)12;11-10-8(6-13)5-7-3-1-2-4-9(7)12-10/h2-17,35H,1H3,(H2,29,30,31);2-13H,1H3,(H2,24,25,26);2-12H,1H3;2-12,19H,1H3;2-7,14H,1H3;1-6H. The fourth-order valence-corrected chi connectivity index (χ4v) is 16.9. The zero-order valence-corrected chi connectivity index (χ0v) is 75.7. The van der Waals surface area contributed by atoms with Crippen molar-refractivity contribution in [2.75, 3.05) is 11.5 Å². The summed E-state index contributed by atoms with van der Waals surface area (Å²) in [5.41, 5.74) is 33.9. The van der Waals surface area contributed by atoms with Crippen molar-refractivity contribution in [1.82, 2.24) is 69.4 Å². The first-order chi connectivity index (χ1) is 62.7. The molecule has 0 saturated carbocycles. The lowest BCUT2D eigenvalue weighted by Gasteiger charge is -2.18. The number of hydrogen-bond acceptors (Lipinski definition) is 18. The van der Waals surface area contributed by atoms with Crippen LogP contribution in [0.1, 0.15) is 102 Å². The second kappa shape index (κ2) is 40.2. The van der Waals surface area contributed by atoms with Gasteiger partial charge in [-0.2, -0.15) is 10.2 Å². The number of aromatic nitrogens is 14. The molecule has 10 heterocycles. The number of anilines is 2. The number of nitrogen functional groups attached to an aromatic ring is 2. The van der Waals surface area contributed by atoms with Crippen molar-refractivity contribution in [1.29, 1.82) is 0 Å². The van der Waals surface area contributed by atoms with Crippen LogP contribution in [-0.4, -0.2) is 91.0 Å². The molecule has 5 atom stereocenters. The predicted octanol–water partition coefficient (Wildman–Crippen LogP) is 25.4. The summed E-state index contributed by atoms with van der Waals surface area (Å²) in [7, 11) is 0. The fourth-order valence-electron chi connectivity index (χ4n) is 15.3. The number of alkyl halides is 1. The molecule has 21 rings (SSSR count). The molecule has 129 heavy (non-hydrogen) atoms. The maximum atomic E-state index is 10.5. The Balaban J connectivity index is 0.000000118. The molecular formula is C105H84BrCl2IN16O4. The number of fused-ring (bicyclic) bond motifs is 8. The summed E-state index contributed by atoms with van der Waals surface area (Å²) in [5, 5.41) is 47.5. The Morgan fingerprint density at radius 1 is 0.349 bits per heavy atom. The highest BCUT2D eigenvalue weighted by atomic mass is 127. The molecule has 0 aliphatic carbocycles. The van der Waals surface area contributed by atoms with Crippen LogP contribution in [0.3, 0.4) is 0 Å². The first kappa shape index (κ1) is 88.2. The van der Waals surface area contributed by atoms with E-state index in [-0.39, 0.29) is 27.8 Å². The number of aromatic hydroxyl groups is 1. The van der Waals surface area contributed by atoms with Gasteiger partial charge in [-0.25, -0.2) is 59.2 Å². The minimum atomic E-state index is -0.584. The van der Waals surface area contributed by atoms with Gasteiger partial charge in [-0.15, -0.1) is 0 Å². The van der Waals surface area contributed by atoms with E-state index < -0.39 is 12.2 Å². The molecule has 10 aromatic heterocycles. The topological polar surface area (TPSA) is 294 Å². The Labute approximate surface area is 775 Å². The number of halogens is 4. The van der Waals surface area contributed by atoms with E-state index >= 15 is 0 Å². The molecule has 5 unspecified atom stereocenters. The van der Waals surface area contributed by atoms with E-state index in [4.69, 9.17) is 64.8 Å². The first-order valence-electron chi connectivity index (χ1n) is 41.5. The summed E-state index contributed by atoms with van der Waals surface area (Å²) in [6, 6.07) is 107. The van der Waals surface area contributed by atoms with Gasteiger partial charge >= 0.3 is 0 Å². The molecule has 20 nitrogen and oxygen atoms in total. The molecule has 636 valence electrons. The number of aldehydes is 1. The van der Waals surface area contributed by atoms with E-state index in [9.17, 15) is 20.1 Å². The number of benzene rings is 11. The van der Waals surface area contributed by atoms with Gasteiger partial charge in [0.15, 0.2) is 17.6 Å². The summed E-state index contributed by atoms with van der Waals surface area (Å²) in [4.78, 5) is 56.0. The number of carbonyl (C=O) groups excluding carboxylic acids is 1. The number of carbonyl (C=O) groups is 1. The highest BCUT2D eigenvalue weighted by Gasteiger charge is 2.27. The van der Waals surface area contributed by atoms with Gasteiger partial charge in [0, 0.05) is 87.2 Å². The van der Waals surface area contributed by atoms with Gasteiger partial charge in [0.25, 0.3) is 0 Å². The highest BCUT2D eigenvalue weighted by molar-refractivity contribution is 14.1. The molecule has 0 aliphatic heterocycles. The molecule has 0 bridgehead atoms. The van der Waals surface area contributed by atoms with E-state index in [0.29, 0.717) is 50.9 Å². The molecule has 0 amide bonds. The number of pyridine rings is 6. The quantitative estimate of drug-likeness (QED) is 0.0310. The van der Waals surface area contributed by atoms with E-state index in [1.54, 1.807) is 38.1 Å². The molecule has 11 aromatic carbocycles. The minimum absolute atomic E-state index is 0.0948. The first-order valence-corrected chi connectivity index (χ1v) is 44.3. The van der Waals surface area contributed by atoms with Gasteiger partial charge < -0.3 is 26.8 Å². The van der Waals surface area contributed by atoms with Crippen LogP contribution in [0.5, 0.6) is 5.75 Å². The number of aliphatic hydroxyl groups excluding tert-OH is 2. The van der Waals surface area contributed by atoms with Crippen molar-refractivity contribution >= 4 is 167 Å². The maximum absolute atomic E-state index is 10.5. The van der Waals surface area contributed by atoms with Crippen molar-refractivity contribution in [2.45, 2.75) is 63.7 Å². The molecule has 0 fully saturated rings. The Morgan fingerprint density at radius 3 is 1.06 bits per heavy atom. The Bertz CT molecular complexity index is 7490. The van der Waals surface area contributed by atoms with Crippen LogP contribution < -0.4 is 11.5 Å². The van der Waals surface area contributed by atoms with Crippen molar-refractivity contribution in [3.63, 3.8) is 0 Å². The maximum Gasteiger partial charge on any atom is 0.165 e. The third-order valence-corrected chi connectivity index (χ3v) is 23.7. The third kappa shape index (κ3) is 19.8. The lowest BCUT2D eigenvalue weighted by molar-refractivity contribution is 0.112. The number of nitrogens with zero attached hydrogens (tertiary/aromatic N) is 14. The monoisotopic (exact) mass is 1910 g/mol. The summed E-state index contributed by atoms with van der Waals surface area (Å²) in [6.07, 6.45) is 2.52. The lowest BCUT2D eigenvalue weighted by atomic mass is 9.98.